The van der Waals surface area contributed by atoms with Crippen LogP contribution in [0.2, 0.25) is 0 Å². The van der Waals surface area contributed by atoms with E-state index >= 15 is 0 Å². The molecule has 1 aromatic carbocycles. The number of rotatable bonds is 8. The van der Waals surface area contributed by atoms with E-state index in [0.717, 1.165) is 12.8 Å². The highest BCUT2D eigenvalue weighted by molar-refractivity contribution is 9.10. The van der Waals surface area contributed by atoms with Crippen molar-refractivity contribution in [1.82, 2.24) is 0 Å². The van der Waals surface area contributed by atoms with E-state index in [2.05, 4.69) is 28.9 Å². The zero-order valence-electron chi connectivity index (χ0n) is 10.3. The van der Waals surface area contributed by atoms with Gasteiger partial charge >= 0.3 is 0 Å². The summed E-state index contributed by atoms with van der Waals surface area (Å²) in [5, 5.41) is 0. The minimum atomic E-state index is -0.426. The van der Waals surface area contributed by atoms with Crippen molar-refractivity contribution in [3.63, 3.8) is 0 Å². The summed E-state index contributed by atoms with van der Waals surface area (Å²) in [4.78, 5) is 0. The molecule has 0 spiro atoms. The van der Waals surface area contributed by atoms with Crippen LogP contribution in [-0.4, -0.2) is 6.61 Å². The molecule has 0 bridgehead atoms. The highest BCUT2D eigenvalue weighted by Gasteiger charge is 2.07. The Balaban J connectivity index is 2.18. The lowest BCUT2D eigenvalue weighted by molar-refractivity contribution is 0.288. The van der Waals surface area contributed by atoms with Crippen LogP contribution in [0, 0.1) is 11.9 Å². The lowest BCUT2D eigenvalue weighted by atomic mass is 10.1. The van der Waals surface area contributed by atoms with E-state index < -0.39 is 5.82 Å². The molecule has 95 valence electrons. The summed E-state index contributed by atoms with van der Waals surface area (Å²) in [6.07, 6.45) is 7.21. The number of hydrogen-bond donors (Lipinski definition) is 0. The molecule has 0 fully saturated rings. The standard InChI is InChI=1S/C14H19BrFO/c1-2-3-4-5-6-7-11-17-14-12(15)9-8-10-13(14)16/h8-9H,2-7,11H2,1H3. The number of hydrogen-bond acceptors (Lipinski definition) is 1. The van der Waals surface area contributed by atoms with Gasteiger partial charge in [-0.2, -0.15) is 0 Å². The molecular formula is C14H19BrFO. The van der Waals surface area contributed by atoms with Gasteiger partial charge < -0.3 is 4.74 Å². The summed E-state index contributed by atoms with van der Waals surface area (Å²) < 4.78 is 19.4. The molecule has 0 aliphatic carbocycles. The highest BCUT2D eigenvalue weighted by atomic mass is 79.9. The molecule has 0 heterocycles. The summed E-state index contributed by atoms with van der Waals surface area (Å²) in [6, 6.07) is 5.76. The Bertz CT molecular complexity index is 308. The first-order valence-electron chi connectivity index (χ1n) is 6.24. The molecule has 0 aliphatic heterocycles. The van der Waals surface area contributed by atoms with Gasteiger partial charge in [-0.3, -0.25) is 0 Å². The second-order valence-corrected chi connectivity index (χ2v) is 4.94. The Morgan fingerprint density at radius 2 is 1.94 bits per heavy atom. The molecule has 1 rings (SSSR count). The number of ether oxygens (including phenoxy) is 1. The zero-order valence-corrected chi connectivity index (χ0v) is 11.9. The van der Waals surface area contributed by atoms with Crippen LogP contribution in [0.1, 0.15) is 45.4 Å². The van der Waals surface area contributed by atoms with Crippen molar-refractivity contribution in [3.05, 3.63) is 28.5 Å². The maximum atomic E-state index is 13.3. The third-order valence-electron chi connectivity index (χ3n) is 2.60. The Labute approximate surface area is 111 Å². The molecule has 0 unspecified atom stereocenters. The van der Waals surface area contributed by atoms with Crippen LogP contribution in [0.4, 0.5) is 4.39 Å². The molecule has 1 radical (unpaired) electrons. The van der Waals surface area contributed by atoms with Crippen LogP contribution >= 0.6 is 15.9 Å². The Hall–Kier alpha value is -0.570. The van der Waals surface area contributed by atoms with E-state index in [1.807, 2.05) is 0 Å². The summed E-state index contributed by atoms with van der Waals surface area (Å²) in [7, 11) is 0. The largest absolute Gasteiger partial charge is 0.489 e. The van der Waals surface area contributed by atoms with Crippen LogP contribution in [0.3, 0.4) is 0 Å². The maximum absolute atomic E-state index is 13.3. The average molecular weight is 302 g/mol. The SMILES string of the molecule is CCCCCCCCOc1c(F)[c]ccc1Br. The topological polar surface area (TPSA) is 9.23 Å². The van der Waals surface area contributed by atoms with Gasteiger partial charge in [-0.15, -0.1) is 0 Å². The van der Waals surface area contributed by atoms with Crippen LogP contribution in [-0.2, 0) is 0 Å². The van der Waals surface area contributed by atoms with Crippen molar-refractivity contribution in [2.75, 3.05) is 6.61 Å². The van der Waals surface area contributed by atoms with Crippen LogP contribution in [0.25, 0.3) is 0 Å². The molecule has 0 atom stereocenters. The van der Waals surface area contributed by atoms with E-state index in [1.54, 1.807) is 6.07 Å². The first-order valence-corrected chi connectivity index (χ1v) is 7.03. The Morgan fingerprint density at radius 1 is 1.24 bits per heavy atom. The van der Waals surface area contributed by atoms with Gasteiger partial charge in [-0.25, -0.2) is 4.39 Å². The predicted octanol–water partition coefficient (Wildman–Crippen LogP) is 5.13. The third-order valence-corrected chi connectivity index (χ3v) is 3.22. The predicted molar refractivity (Wildman–Crippen MR) is 71.8 cm³/mol. The lowest BCUT2D eigenvalue weighted by Crippen LogP contribution is -2.00. The Morgan fingerprint density at radius 3 is 2.65 bits per heavy atom. The zero-order chi connectivity index (χ0) is 12.5. The highest BCUT2D eigenvalue weighted by Crippen LogP contribution is 2.27. The average Bonchev–Trinajstić information content (AvgIpc) is 2.31. The van der Waals surface area contributed by atoms with E-state index in [1.165, 1.54) is 31.7 Å². The molecule has 0 saturated heterocycles. The normalized spacial score (nSPS) is 10.5. The third kappa shape index (κ3) is 5.53. The molecule has 0 saturated carbocycles. The molecule has 17 heavy (non-hydrogen) atoms. The minimum Gasteiger partial charge on any atom is -0.489 e. The van der Waals surface area contributed by atoms with Gasteiger partial charge in [0.25, 0.3) is 0 Å². The second kappa shape index (κ2) is 8.51. The smallest absolute Gasteiger partial charge is 0.174 e. The fraction of sp³-hybridized carbons (Fsp3) is 0.571. The van der Waals surface area contributed by atoms with Gasteiger partial charge in [0.2, 0.25) is 0 Å². The quantitative estimate of drug-likeness (QED) is 0.605. The molecule has 1 aromatic rings. The van der Waals surface area contributed by atoms with E-state index in [4.69, 9.17) is 4.74 Å². The van der Waals surface area contributed by atoms with Gasteiger partial charge in [0.05, 0.1) is 11.1 Å². The fourth-order valence-electron chi connectivity index (χ4n) is 1.62. The number of halogens is 2. The van der Waals surface area contributed by atoms with Gasteiger partial charge in [-0.1, -0.05) is 39.0 Å². The van der Waals surface area contributed by atoms with Gasteiger partial charge in [-0.05, 0) is 34.5 Å². The lowest BCUT2D eigenvalue weighted by Gasteiger charge is -2.08. The summed E-state index contributed by atoms with van der Waals surface area (Å²) in [6.45, 7) is 2.77. The first kappa shape index (κ1) is 14.5. The summed E-state index contributed by atoms with van der Waals surface area (Å²) in [5.41, 5.74) is 0. The van der Waals surface area contributed by atoms with Crippen LogP contribution in [0.15, 0.2) is 16.6 Å². The monoisotopic (exact) mass is 301 g/mol. The summed E-state index contributed by atoms with van der Waals surface area (Å²) >= 11 is 3.27. The molecule has 3 heteroatoms. The van der Waals surface area contributed by atoms with Crippen LogP contribution in [0.5, 0.6) is 5.75 Å². The van der Waals surface area contributed by atoms with Gasteiger partial charge in [0.15, 0.2) is 11.6 Å². The van der Waals surface area contributed by atoms with Crippen molar-refractivity contribution in [1.29, 1.82) is 0 Å². The molecule has 0 N–H and O–H groups in total. The van der Waals surface area contributed by atoms with E-state index in [-0.39, 0.29) is 5.75 Å². The van der Waals surface area contributed by atoms with Crippen molar-refractivity contribution in [2.24, 2.45) is 0 Å². The molecule has 1 nitrogen and oxygen atoms in total. The first-order chi connectivity index (χ1) is 8.25. The minimum absolute atomic E-state index is 0.279. The molecule has 0 amide bonds. The van der Waals surface area contributed by atoms with Crippen molar-refractivity contribution < 1.29 is 9.13 Å². The summed E-state index contributed by atoms with van der Waals surface area (Å²) in [5.74, 6) is -0.147. The second-order valence-electron chi connectivity index (χ2n) is 4.08. The van der Waals surface area contributed by atoms with Crippen molar-refractivity contribution in [3.8, 4) is 5.75 Å². The van der Waals surface area contributed by atoms with Crippen LogP contribution < -0.4 is 4.74 Å². The Kier molecular flexibility index (Phi) is 7.25. The molecule has 0 aromatic heterocycles. The van der Waals surface area contributed by atoms with Gasteiger partial charge in [0, 0.05) is 6.07 Å². The maximum Gasteiger partial charge on any atom is 0.174 e. The van der Waals surface area contributed by atoms with Crippen molar-refractivity contribution >= 4 is 15.9 Å². The number of unbranched alkanes of at least 4 members (excludes halogenated alkanes) is 5. The number of benzene rings is 1. The fourth-order valence-corrected chi connectivity index (χ4v) is 2.04. The van der Waals surface area contributed by atoms with Crippen molar-refractivity contribution in [2.45, 2.75) is 45.4 Å². The van der Waals surface area contributed by atoms with E-state index in [0.29, 0.717) is 11.1 Å². The molecular weight excluding hydrogens is 283 g/mol. The van der Waals surface area contributed by atoms with E-state index in [9.17, 15) is 4.39 Å². The molecule has 0 aliphatic rings. The van der Waals surface area contributed by atoms with Gasteiger partial charge in [0.1, 0.15) is 0 Å².